The third-order valence-electron chi connectivity index (χ3n) is 4.53. The Morgan fingerprint density at radius 2 is 1.88 bits per heavy atom. The summed E-state index contributed by atoms with van der Waals surface area (Å²) in [6, 6.07) is 3.19. The van der Waals surface area contributed by atoms with Crippen molar-refractivity contribution in [2.24, 2.45) is 0 Å². The highest BCUT2D eigenvalue weighted by molar-refractivity contribution is 14.2. The predicted octanol–water partition coefficient (Wildman–Crippen LogP) is 4.37. The minimum absolute atomic E-state index is 0.00653. The first-order valence-corrected chi connectivity index (χ1v) is 14.7. The van der Waals surface area contributed by atoms with Gasteiger partial charge in [-0.2, -0.15) is 18.3 Å². The van der Waals surface area contributed by atoms with E-state index in [-0.39, 0.29) is 17.5 Å². The van der Waals surface area contributed by atoms with Crippen molar-refractivity contribution in [1.82, 2.24) is 29.7 Å². The van der Waals surface area contributed by atoms with Crippen LogP contribution < -0.4 is 0 Å². The van der Waals surface area contributed by atoms with Gasteiger partial charge in [-0.3, -0.25) is 0 Å². The fraction of sp³-hybridized carbons (Fsp3) is 0.235. The first-order valence-electron chi connectivity index (χ1n) is 8.76. The van der Waals surface area contributed by atoms with Gasteiger partial charge < -0.3 is 4.52 Å². The average molecular weight is 596 g/mol. The highest BCUT2D eigenvalue weighted by Gasteiger charge is 2.37. The van der Waals surface area contributed by atoms with Crippen LogP contribution >= 0.6 is 28.4 Å². The monoisotopic (exact) mass is 596 g/mol. The lowest BCUT2D eigenvalue weighted by Crippen LogP contribution is -2.13. The summed E-state index contributed by atoms with van der Waals surface area (Å²) in [5, 5.41) is 7.74. The van der Waals surface area contributed by atoms with E-state index in [0.29, 0.717) is 34.6 Å². The lowest BCUT2D eigenvalue weighted by molar-refractivity contribution is -0.137. The van der Waals surface area contributed by atoms with E-state index >= 15 is 0 Å². The Morgan fingerprint density at radius 1 is 1.16 bits per heavy atom. The number of alkyl halides is 3. The second kappa shape index (κ2) is 7.99. The molecule has 0 amide bonds. The Kier molecular flexibility index (Phi) is 5.74. The summed E-state index contributed by atoms with van der Waals surface area (Å²) in [5.74, 6) is 0.547. The maximum Gasteiger partial charge on any atom is 0.420 e. The molecule has 0 bridgehead atoms. The number of nitrogens with zero attached hydrogens (tertiary/aromatic N) is 6. The molecule has 1 unspecified atom stereocenters. The molecule has 0 spiro atoms. The van der Waals surface area contributed by atoms with Crippen molar-refractivity contribution in [1.29, 1.82) is 0 Å². The van der Waals surface area contributed by atoms with Gasteiger partial charge in [0.1, 0.15) is 22.7 Å². The van der Waals surface area contributed by atoms with Gasteiger partial charge in [0, 0.05) is 17.8 Å². The maximum atomic E-state index is 13.7. The molecule has 0 aliphatic heterocycles. The van der Waals surface area contributed by atoms with Gasteiger partial charge in [-0.15, -0.1) is 0 Å². The molecule has 0 radical (unpaired) electrons. The number of hydrogen-bond acceptors (Lipinski definition) is 8. The van der Waals surface area contributed by atoms with E-state index < -0.39 is 32.4 Å². The molecule has 0 aliphatic carbocycles. The molecular formula is C17H13F3IN6O3PS. The van der Waals surface area contributed by atoms with Gasteiger partial charge in [0.05, 0.1) is 23.3 Å². The highest BCUT2D eigenvalue weighted by atomic mass is 127. The number of fused-ring (bicyclic) bond motifs is 1. The third-order valence-corrected chi connectivity index (χ3v) is 7.23. The Hall–Kier alpha value is -2.19. The zero-order valence-corrected chi connectivity index (χ0v) is 20.5. The Bertz CT molecular complexity index is 1450. The van der Waals surface area contributed by atoms with Crippen LogP contribution in [0.3, 0.4) is 0 Å². The summed E-state index contributed by atoms with van der Waals surface area (Å²) in [4.78, 5) is 11.7. The van der Waals surface area contributed by atoms with Crippen LogP contribution in [0.4, 0.5) is 13.2 Å². The molecule has 0 N–H and O–H groups in total. The van der Waals surface area contributed by atoms with Crippen LogP contribution in [0.2, 0.25) is 0 Å². The molecule has 0 aliphatic rings. The van der Waals surface area contributed by atoms with Crippen molar-refractivity contribution >= 4 is 49.3 Å². The molecule has 168 valence electrons. The maximum absolute atomic E-state index is 13.7. The van der Waals surface area contributed by atoms with Crippen LogP contribution in [0.15, 0.2) is 28.0 Å². The lowest BCUT2D eigenvalue weighted by Gasteiger charge is -2.11. The summed E-state index contributed by atoms with van der Waals surface area (Å²) in [6.45, 7) is 3.48. The Morgan fingerprint density at radius 3 is 2.44 bits per heavy atom. The molecule has 0 aromatic carbocycles. The van der Waals surface area contributed by atoms with Crippen LogP contribution in [0, 0.1) is 13.8 Å². The molecule has 9 nitrogen and oxygen atoms in total. The smallest absolute Gasteiger partial charge is 0.361 e. The number of rotatable bonds is 4. The molecule has 0 saturated carbocycles. The second-order valence-electron chi connectivity index (χ2n) is 6.80. The van der Waals surface area contributed by atoms with E-state index in [1.54, 1.807) is 26.0 Å². The van der Waals surface area contributed by atoms with Crippen LogP contribution in [0.25, 0.3) is 33.7 Å². The minimum Gasteiger partial charge on any atom is -0.361 e. The molecular weight excluding hydrogens is 583 g/mol. The number of sulfone groups is 1. The van der Waals surface area contributed by atoms with Crippen molar-refractivity contribution in [3.63, 3.8) is 0 Å². The molecule has 4 rings (SSSR count). The fourth-order valence-corrected chi connectivity index (χ4v) is 5.05. The van der Waals surface area contributed by atoms with Crippen molar-refractivity contribution in [3.8, 4) is 22.6 Å². The van der Waals surface area contributed by atoms with Gasteiger partial charge in [0.2, 0.25) is 15.0 Å². The van der Waals surface area contributed by atoms with Crippen molar-refractivity contribution in [3.05, 3.63) is 35.3 Å². The minimum atomic E-state index is -4.82. The van der Waals surface area contributed by atoms with E-state index in [1.807, 2.05) is 22.0 Å². The summed E-state index contributed by atoms with van der Waals surface area (Å²) >= 11 is 2.02. The first-order chi connectivity index (χ1) is 14.9. The Balaban J connectivity index is 2.02. The number of halogens is 4. The summed E-state index contributed by atoms with van der Waals surface area (Å²) in [7, 11) is -3.95. The molecule has 0 saturated heterocycles. The SMILES string of the molecule is Cc1noc(C)c1-c1ccc2c(-c3nc(S(C)(=O)=O)ncc3C(F)(F)F)nn(PI)c2n1. The van der Waals surface area contributed by atoms with Gasteiger partial charge in [-0.1, -0.05) is 5.16 Å². The van der Waals surface area contributed by atoms with Gasteiger partial charge in [0.15, 0.2) is 5.65 Å². The van der Waals surface area contributed by atoms with E-state index in [1.165, 1.54) is 4.45 Å². The van der Waals surface area contributed by atoms with Crippen molar-refractivity contribution < 1.29 is 26.1 Å². The van der Waals surface area contributed by atoms with Crippen LogP contribution in [-0.2, 0) is 16.0 Å². The van der Waals surface area contributed by atoms with Crippen LogP contribution in [0.5, 0.6) is 0 Å². The van der Waals surface area contributed by atoms with Crippen LogP contribution in [-0.4, -0.2) is 44.3 Å². The van der Waals surface area contributed by atoms with Gasteiger partial charge in [0.25, 0.3) is 0 Å². The summed E-state index contributed by atoms with van der Waals surface area (Å²) in [6.07, 6.45) is -3.54. The second-order valence-corrected chi connectivity index (χ2v) is 10.7. The van der Waals surface area contributed by atoms with Gasteiger partial charge in [-0.05, 0) is 48.0 Å². The summed E-state index contributed by atoms with van der Waals surface area (Å²) in [5.41, 5.74) is 0.174. The standard InChI is InChI=1S/C17H13F3IN6O3PS/c1-7-12(8(2)30-26-7)11-5-4-9-13(25-27(31-21)15(9)23-11)14-10(17(18,19)20)6-22-16(24-14)32(3,28)29/h4-6,31H,1-3H3. The predicted molar refractivity (Wildman–Crippen MR) is 119 cm³/mol. The quantitative estimate of drug-likeness (QED) is 0.194. The number of aromatic nitrogens is 6. The average Bonchev–Trinajstić information content (AvgIpc) is 3.25. The third kappa shape index (κ3) is 3.99. The molecule has 1 atom stereocenters. The lowest BCUT2D eigenvalue weighted by atomic mass is 10.1. The summed E-state index contributed by atoms with van der Waals surface area (Å²) < 4.78 is 71.5. The molecule has 4 aromatic heterocycles. The fourth-order valence-electron chi connectivity index (χ4n) is 3.15. The first kappa shape index (κ1) is 23.0. The van der Waals surface area contributed by atoms with Crippen LogP contribution in [0.1, 0.15) is 17.0 Å². The highest BCUT2D eigenvalue weighted by Crippen LogP contribution is 2.40. The van der Waals surface area contributed by atoms with E-state index in [4.69, 9.17) is 4.52 Å². The topological polar surface area (TPSA) is 117 Å². The molecule has 15 heteroatoms. The van der Waals surface area contributed by atoms with E-state index in [9.17, 15) is 21.6 Å². The zero-order chi connectivity index (χ0) is 23.4. The van der Waals surface area contributed by atoms with E-state index in [0.717, 1.165) is 6.26 Å². The van der Waals surface area contributed by atoms with Gasteiger partial charge >= 0.3 is 6.18 Å². The molecule has 4 aromatic rings. The Labute approximate surface area is 194 Å². The molecule has 4 heterocycles. The number of hydrogen-bond donors (Lipinski definition) is 0. The largest absolute Gasteiger partial charge is 0.420 e. The van der Waals surface area contributed by atoms with Crippen molar-refractivity contribution in [2.45, 2.75) is 25.2 Å². The molecule has 32 heavy (non-hydrogen) atoms. The van der Waals surface area contributed by atoms with Gasteiger partial charge in [-0.25, -0.2) is 27.8 Å². The number of pyridine rings is 1. The molecule has 0 fully saturated rings. The van der Waals surface area contributed by atoms with E-state index in [2.05, 4.69) is 25.2 Å². The van der Waals surface area contributed by atoms with Crippen molar-refractivity contribution in [2.75, 3.05) is 6.26 Å². The zero-order valence-electron chi connectivity index (χ0n) is 16.6. The normalized spacial score (nSPS) is 13.0. The number of aryl methyl sites for hydroxylation is 2.